The predicted molar refractivity (Wildman–Crippen MR) is 128 cm³/mol. The van der Waals surface area contributed by atoms with Crippen molar-refractivity contribution in [3.63, 3.8) is 0 Å². The highest BCUT2D eigenvalue weighted by molar-refractivity contribution is 5.76. The Labute approximate surface area is 188 Å². The lowest BCUT2D eigenvalue weighted by Crippen LogP contribution is -2.23. The summed E-state index contributed by atoms with van der Waals surface area (Å²) >= 11 is 0. The Bertz CT molecular complexity index is 1090. The average Bonchev–Trinajstić information content (AvgIpc) is 2.82. The summed E-state index contributed by atoms with van der Waals surface area (Å²) in [5, 5.41) is 0. The fraction of sp³-hybridized carbons (Fsp3) is 0.310. The van der Waals surface area contributed by atoms with E-state index in [1.165, 1.54) is 5.57 Å². The number of alkyl halides is 2. The summed E-state index contributed by atoms with van der Waals surface area (Å²) in [5.41, 5.74) is 4.79. The zero-order valence-electron chi connectivity index (χ0n) is 18.6. The Kier molecular flexibility index (Phi) is 6.83. The van der Waals surface area contributed by atoms with Crippen molar-refractivity contribution in [3.8, 4) is 11.1 Å². The molecule has 3 atom stereocenters. The largest absolute Gasteiger partial charge is 0.239 e. The van der Waals surface area contributed by atoms with Crippen molar-refractivity contribution in [1.82, 2.24) is 0 Å². The molecule has 0 bridgehead atoms. The monoisotopic (exact) mass is 434 g/mol. The molecule has 0 fully saturated rings. The number of benzene rings is 2. The summed E-state index contributed by atoms with van der Waals surface area (Å²) in [6, 6.07) is 12.4. The smallest absolute Gasteiger partial charge is 0.161 e. The van der Waals surface area contributed by atoms with Crippen LogP contribution in [0.4, 0.5) is 13.2 Å². The van der Waals surface area contributed by atoms with Crippen LogP contribution in [0.25, 0.3) is 22.3 Å². The second kappa shape index (κ2) is 9.77. The molecule has 0 spiro atoms. The zero-order chi connectivity index (χ0) is 22.7. The van der Waals surface area contributed by atoms with Gasteiger partial charge in [0, 0.05) is 5.56 Å². The maximum atomic E-state index is 15.0. The average molecular weight is 435 g/mol. The van der Waals surface area contributed by atoms with Gasteiger partial charge in [-0.25, -0.2) is 13.2 Å². The third-order valence-electron chi connectivity index (χ3n) is 6.58. The molecule has 0 aliphatic heterocycles. The molecule has 2 aromatic rings. The van der Waals surface area contributed by atoms with E-state index < -0.39 is 12.3 Å². The lowest BCUT2D eigenvalue weighted by atomic mass is 9.86. The molecule has 3 unspecified atom stereocenters. The van der Waals surface area contributed by atoms with Crippen molar-refractivity contribution in [2.75, 3.05) is 0 Å². The minimum absolute atomic E-state index is 0.272. The first-order valence-corrected chi connectivity index (χ1v) is 11.4. The van der Waals surface area contributed by atoms with Crippen molar-refractivity contribution in [1.29, 1.82) is 0 Å². The molecule has 0 N–H and O–H groups in total. The van der Waals surface area contributed by atoms with Crippen LogP contribution < -0.4 is 0 Å². The van der Waals surface area contributed by atoms with Gasteiger partial charge >= 0.3 is 0 Å². The molecule has 2 aliphatic rings. The SMILES string of the molecule is C/C=C/C1CC=C(c2ccc(-c3ccc(C4=CC=C(CC)C(F)C4F)cc3)c(F)c2)CC1. The number of rotatable bonds is 5. The van der Waals surface area contributed by atoms with Gasteiger partial charge in [0.15, 0.2) is 12.3 Å². The molecule has 2 aromatic carbocycles. The lowest BCUT2D eigenvalue weighted by molar-refractivity contribution is 0.239. The molecule has 4 rings (SSSR count). The molecule has 0 radical (unpaired) electrons. The van der Waals surface area contributed by atoms with Gasteiger partial charge in [-0.15, -0.1) is 0 Å². The molecule has 0 saturated carbocycles. The van der Waals surface area contributed by atoms with E-state index in [0.717, 1.165) is 30.4 Å². The first kappa shape index (κ1) is 22.4. The Morgan fingerprint density at radius 3 is 2.28 bits per heavy atom. The second-order valence-electron chi connectivity index (χ2n) is 8.58. The summed E-state index contributed by atoms with van der Waals surface area (Å²) in [5.74, 6) is 0.303. The third-order valence-corrected chi connectivity index (χ3v) is 6.58. The molecule has 0 saturated heterocycles. The highest BCUT2D eigenvalue weighted by Crippen LogP contribution is 2.36. The van der Waals surface area contributed by atoms with Gasteiger partial charge in [0.05, 0.1) is 0 Å². The van der Waals surface area contributed by atoms with Crippen LogP contribution in [0.5, 0.6) is 0 Å². The number of allylic oxidation sites excluding steroid dienone is 8. The number of halogens is 3. The van der Waals surface area contributed by atoms with E-state index in [1.807, 2.05) is 26.0 Å². The van der Waals surface area contributed by atoms with Gasteiger partial charge in [-0.2, -0.15) is 0 Å². The van der Waals surface area contributed by atoms with E-state index in [2.05, 4.69) is 18.2 Å². The molecular formula is C29H29F3. The first-order chi connectivity index (χ1) is 15.5. The van der Waals surface area contributed by atoms with Crippen LogP contribution in [0.3, 0.4) is 0 Å². The van der Waals surface area contributed by atoms with E-state index in [4.69, 9.17) is 0 Å². The highest BCUT2D eigenvalue weighted by atomic mass is 19.2. The van der Waals surface area contributed by atoms with E-state index in [9.17, 15) is 13.2 Å². The molecule has 166 valence electrons. The second-order valence-corrected chi connectivity index (χ2v) is 8.58. The maximum absolute atomic E-state index is 15.0. The van der Waals surface area contributed by atoms with Crippen LogP contribution in [0.1, 0.15) is 50.7 Å². The van der Waals surface area contributed by atoms with Gasteiger partial charge in [-0.3, -0.25) is 0 Å². The zero-order valence-corrected chi connectivity index (χ0v) is 18.6. The molecule has 32 heavy (non-hydrogen) atoms. The van der Waals surface area contributed by atoms with Crippen LogP contribution in [-0.4, -0.2) is 12.3 Å². The topological polar surface area (TPSA) is 0 Å². The van der Waals surface area contributed by atoms with E-state index in [0.29, 0.717) is 34.6 Å². The Balaban J connectivity index is 1.54. The molecular weight excluding hydrogens is 405 g/mol. The predicted octanol–water partition coefficient (Wildman–Crippen LogP) is 8.66. The molecule has 0 aromatic heterocycles. The van der Waals surface area contributed by atoms with Crippen molar-refractivity contribution >= 4 is 11.1 Å². The number of hydrogen-bond donors (Lipinski definition) is 0. The van der Waals surface area contributed by atoms with Gasteiger partial charge in [0.1, 0.15) is 5.82 Å². The highest BCUT2D eigenvalue weighted by Gasteiger charge is 2.30. The van der Waals surface area contributed by atoms with Crippen molar-refractivity contribution in [2.24, 2.45) is 5.92 Å². The van der Waals surface area contributed by atoms with Crippen molar-refractivity contribution < 1.29 is 13.2 Å². The van der Waals surface area contributed by atoms with Gasteiger partial charge < -0.3 is 0 Å². The van der Waals surface area contributed by atoms with E-state index in [-0.39, 0.29) is 5.82 Å². The molecule has 0 heterocycles. The van der Waals surface area contributed by atoms with Crippen LogP contribution in [-0.2, 0) is 0 Å². The van der Waals surface area contributed by atoms with Crippen molar-refractivity contribution in [2.45, 2.75) is 51.9 Å². The van der Waals surface area contributed by atoms with Gasteiger partial charge in [-0.05, 0) is 78.0 Å². The molecule has 2 aliphatic carbocycles. The van der Waals surface area contributed by atoms with Crippen LogP contribution >= 0.6 is 0 Å². The molecule has 3 heteroatoms. The summed E-state index contributed by atoms with van der Waals surface area (Å²) in [4.78, 5) is 0. The lowest BCUT2D eigenvalue weighted by Gasteiger charge is -2.23. The minimum Gasteiger partial charge on any atom is -0.239 e. The Morgan fingerprint density at radius 2 is 1.66 bits per heavy atom. The van der Waals surface area contributed by atoms with Crippen LogP contribution in [0, 0.1) is 11.7 Å². The van der Waals surface area contributed by atoms with Crippen LogP contribution in [0.15, 0.2) is 78.4 Å². The fourth-order valence-corrected chi connectivity index (χ4v) is 4.65. The Hall–Kier alpha value is -2.81. The quantitative estimate of drug-likeness (QED) is 0.413. The summed E-state index contributed by atoms with van der Waals surface area (Å²) in [6.45, 7) is 3.86. The van der Waals surface area contributed by atoms with Gasteiger partial charge in [0.2, 0.25) is 0 Å². The summed E-state index contributed by atoms with van der Waals surface area (Å²) in [7, 11) is 0. The summed E-state index contributed by atoms with van der Waals surface area (Å²) < 4.78 is 43.8. The van der Waals surface area contributed by atoms with Crippen LogP contribution in [0.2, 0.25) is 0 Å². The van der Waals surface area contributed by atoms with E-state index in [1.54, 1.807) is 42.5 Å². The standard InChI is InChI=1S/C29H29F3/c1-3-5-19-6-8-21(9-7-19)24-15-16-25(27(30)18-24)22-10-12-23(13-11-22)26-17-14-20(4-2)28(31)29(26)32/h3,5,8,10-19,28-29H,4,6-7,9H2,1-2H3/b5-3+. The van der Waals surface area contributed by atoms with Gasteiger partial charge in [-0.1, -0.05) is 73.7 Å². The molecule has 0 nitrogen and oxygen atoms in total. The molecule has 0 amide bonds. The third kappa shape index (κ3) is 4.53. The Morgan fingerprint density at radius 1 is 0.938 bits per heavy atom. The normalized spacial score (nSPS) is 23.7. The van der Waals surface area contributed by atoms with Gasteiger partial charge in [0.25, 0.3) is 0 Å². The minimum atomic E-state index is -1.67. The number of hydrogen-bond acceptors (Lipinski definition) is 0. The van der Waals surface area contributed by atoms with E-state index >= 15 is 0 Å². The first-order valence-electron chi connectivity index (χ1n) is 11.4. The summed E-state index contributed by atoms with van der Waals surface area (Å²) in [6.07, 6.45) is 10.1. The van der Waals surface area contributed by atoms with Crippen molar-refractivity contribution in [3.05, 3.63) is 95.4 Å². The maximum Gasteiger partial charge on any atom is 0.161 e. The fourth-order valence-electron chi connectivity index (χ4n) is 4.65.